The van der Waals surface area contributed by atoms with Crippen LogP contribution in [0.25, 0.3) is 0 Å². The SMILES string of the molecule is O=Cc1cn(C2CCC(NC3COC3)CC2)nc1Nc1ccc(CC(F)(F)F)cc1. The van der Waals surface area contributed by atoms with Gasteiger partial charge in [0.15, 0.2) is 12.1 Å². The standard InChI is InChI=1S/C21H25F3N4O2/c22-21(23,24)9-14-1-3-17(4-2-14)26-20-15(11-29)10-28(27-20)19-7-5-16(6-8-19)25-18-12-30-13-18/h1-4,10-11,16,18-19,25H,5-9,12-13H2,(H,26,27). The number of hydrogen-bond donors (Lipinski definition) is 2. The Kier molecular flexibility index (Phi) is 6.10. The summed E-state index contributed by atoms with van der Waals surface area (Å²) in [6.45, 7) is 1.57. The van der Waals surface area contributed by atoms with Gasteiger partial charge in [0.25, 0.3) is 0 Å². The van der Waals surface area contributed by atoms with E-state index in [1.165, 1.54) is 12.1 Å². The number of benzene rings is 1. The van der Waals surface area contributed by atoms with E-state index in [-0.39, 0.29) is 11.6 Å². The summed E-state index contributed by atoms with van der Waals surface area (Å²) >= 11 is 0. The zero-order valence-corrected chi connectivity index (χ0v) is 16.5. The first-order valence-corrected chi connectivity index (χ1v) is 10.2. The first-order valence-electron chi connectivity index (χ1n) is 10.2. The molecule has 0 bridgehead atoms. The minimum atomic E-state index is -4.24. The van der Waals surface area contributed by atoms with Crippen LogP contribution in [-0.4, -0.2) is 47.5 Å². The molecule has 1 aliphatic heterocycles. The summed E-state index contributed by atoms with van der Waals surface area (Å²) in [6, 6.07) is 7.17. The van der Waals surface area contributed by atoms with E-state index in [1.807, 2.05) is 4.68 Å². The molecule has 0 unspecified atom stereocenters. The number of ether oxygens (including phenoxy) is 1. The summed E-state index contributed by atoms with van der Waals surface area (Å²) in [7, 11) is 0. The van der Waals surface area contributed by atoms with Gasteiger partial charge in [-0.1, -0.05) is 12.1 Å². The highest BCUT2D eigenvalue weighted by molar-refractivity contribution is 5.83. The molecule has 2 N–H and O–H groups in total. The molecular formula is C21H25F3N4O2. The molecule has 0 spiro atoms. The highest BCUT2D eigenvalue weighted by Crippen LogP contribution is 2.31. The Hall–Kier alpha value is -2.39. The van der Waals surface area contributed by atoms with Crippen LogP contribution in [0, 0.1) is 0 Å². The smallest absolute Gasteiger partial charge is 0.378 e. The topological polar surface area (TPSA) is 68.2 Å². The van der Waals surface area contributed by atoms with Crippen molar-refractivity contribution < 1.29 is 22.7 Å². The average molecular weight is 422 g/mol. The Bertz CT molecular complexity index is 854. The second kappa shape index (κ2) is 8.77. The lowest BCUT2D eigenvalue weighted by Crippen LogP contribution is -2.51. The normalized spacial score (nSPS) is 22.5. The van der Waals surface area contributed by atoms with Crippen LogP contribution in [0.15, 0.2) is 30.5 Å². The lowest BCUT2D eigenvalue weighted by molar-refractivity contribution is -0.127. The number of carbonyl (C=O) groups excluding carboxylic acids is 1. The van der Waals surface area contributed by atoms with E-state index in [4.69, 9.17) is 4.74 Å². The van der Waals surface area contributed by atoms with Crippen LogP contribution < -0.4 is 10.6 Å². The van der Waals surface area contributed by atoms with Gasteiger partial charge in [-0.2, -0.15) is 18.3 Å². The monoisotopic (exact) mass is 422 g/mol. The molecule has 1 saturated carbocycles. The van der Waals surface area contributed by atoms with Gasteiger partial charge in [-0.25, -0.2) is 0 Å². The molecule has 2 aromatic rings. The van der Waals surface area contributed by atoms with Gasteiger partial charge in [-0.3, -0.25) is 9.48 Å². The van der Waals surface area contributed by atoms with Crippen LogP contribution in [0.4, 0.5) is 24.7 Å². The number of nitrogens with one attached hydrogen (secondary N) is 2. The van der Waals surface area contributed by atoms with Crippen molar-refractivity contribution in [3.05, 3.63) is 41.6 Å². The summed E-state index contributed by atoms with van der Waals surface area (Å²) in [5.41, 5.74) is 1.21. The third kappa shape index (κ3) is 5.20. The third-order valence-electron chi connectivity index (χ3n) is 5.69. The largest absolute Gasteiger partial charge is 0.393 e. The van der Waals surface area contributed by atoms with Crippen LogP contribution >= 0.6 is 0 Å². The van der Waals surface area contributed by atoms with Crippen molar-refractivity contribution in [1.29, 1.82) is 0 Å². The Balaban J connectivity index is 1.37. The van der Waals surface area contributed by atoms with Crippen LogP contribution in [0.1, 0.15) is 47.6 Å². The van der Waals surface area contributed by atoms with Gasteiger partial charge in [-0.05, 0) is 43.4 Å². The molecule has 162 valence electrons. The van der Waals surface area contributed by atoms with Crippen LogP contribution in [-0.2, 0) is 11.2 Å². The Morgan fingerprint density at radius 3 is 2.37 bits per heavy atom. The van der Waals surface area contributed by atoms with E-state index >= 15 is 0 Å². The molecule has 4 rings (SSSR count). The van der Waals surface area contributed by atoms with Crippen LogP contribution in [0.3, 0.4) is 0 Å². The van der Waals surface area contributed by atoms with Crippen molar-refractivity contribution in [2.45, 2.75) is 56.4 Å². The molecule has 1 saturated heterocycles. The lowest BCUT2D eigenvalue weighted by Gasteiger charge is -2.35. The van der Waals surface area contributed by atoms with Gasteiger partial charge in [0, 0.05) is 17.9 Å². The van der Waals surface area contributed by atoms with E-state index < -0.39 is 12.6 Å². The maximum absolute atomic E-state index is 12.5. The van der Waals surface area contributed by atoms with Crippen molar-refractivity contribution in [3.63, 3.8) is 0 Å². The number of aromatic nitrogens is 2. The summed E-state index contributed by atoms with van der Waals surface area (Å²) in [5.74, 6) is 0.417. The second-order valence-corrected chi connectivity index (χ2v) is 8.05. The van der Waals surface area contributed by atoms with Crippen molar-refractivity contribution in [3.8, 4) is 0 Å². The Morgan fingerprint density at radius 1 is 1.10 bits per heavy atom. The van der Waals surface area contributed by atoms with E-state index in [0.717, 1.165) is 45.2 Å². The van der Waals surface area contributed by atoms with Crippen LogP contribution in [0.2, 0.25) is 0 Å². The molecular weight excluding hydrogens is 397 g/mol. The summed E-state index contributed by atoms with van der Waals surface area (Å²) in [6.07, 6.45) is 1.31. The lowest BCUT2D eigenvalue weighted by atomic mass is 9.90. The summed E-state index contributed by atoms with van der Waals surface area (Å²) in [5, 5.41) is 11.2. The number of nitrogens with zero attached hydrogens (tertiary/aromatic N) is 2. The summed E-state index contributed by atoms with van der Waals surface area (Å²) < 4.78 is 44.5. The van der Waals surface area contributed by atoms with Gasteiger partial charge in [-0.15, -0.1) is 0 Å². The maximum atomic E-state index is 12.5. The molecule has 0 amide bonds. The number of halogens is 3. The fraction of sp³-hybridized carbons (Fsp3) is 0.524. The Labute approximate surface area is 172 Å². The number of aldehydes is 1. The van der Waals surface area contributed by atoms with Crippen molar-refractivity contribution >= 4 is 17.8 Å². The highest BCUT2D eigenvalue weighted by Gasteiger charge is 2.28. The van der Waals surface area contributed by atoms with Gasteiger partial charge in [0.05, 0.1) is 37.3 Å². The quantitative estimate of drug-likeness (QED) is 0.660. The molecule has 2 fully saturated rings. The van der Waals surface area contributed by atoms with Crippen molar-refractivity contribution in [2.75, 3.05) is 18.5 Å². The molecule has 1 aliphatic carbocycles. The molecule has 0 atom stereocenters. The molecule has 2 aliphatic rings. The fourth-order valence-corrected chi connectivity index (χ4v) is 4.02. The second-order valence-electron chi connectivity index (χ2n) is 8.05. The number of hydrogen-bond acceptors (Lipinski definition) is 5. The highest BCUT2D eigenvalue weighted by atomic mass is 19.4. The Morgan fingerprint density at radius 2 is 1.80 bits per heavy atom. The number of alkyl halides is 3. The van der Waals surface area contributed by atoms with Gasteiger partial charge < -0.3 is 15.4 Å². The average Bonchev–Trinajstić information content (AvgIpc) is 3.08. The molecule has 1 aromatic carbocycles. The zero-order chi connectivity index (χ0) is 21.1. The molecule has 2 heterocycles. The third-order valence-corrected chi connectivity index (χ3v) is 5.69. The molecule has 1 aromatic heterocycles. The minimum absolute atomic E-state index is 0.188. The molecule has 9 heteroatoms. The maximum Gasteiger partial charge on any atom is 0.393 e. The predicted octanol–water partition coefficient (Wildman–Crippen LogP) is 4.02. The van der Waals surface area contributed by atoms with Crippen molar-refractivity contribution in [1.82, 2.24) is 15.1 Å². The van der Waals surface area contributed by atoms with Crippen molar-refractivity contribution in [2.24, 2.45) is 0 Å². The molecule has 6 nitrogen and oxygen atoms in total. The summed E-state index contributed by atoms with van der Waals surface area (Å²) in [4.78, 5) is 11.5. The van der Waals surface area contributed by atoms with Crippen LogP contribution in [0.5, 0.6) is 0 Å². The van der Waals surface area contributed by atoms with E-state index in [2.05, 4.69) is 15.7 Å². The predicted molar refractivity (Wildman–Crippen MR) is 106 cm³/mol. The zero-order valence-electron chi connectivity index (χ0n) is 16.5. The minimum Gasteiger partial charge on any atom is -0.378 e. The van der Waals surface area contributed by atoms with E-state index in [9.17, 15) is 18.0 Å². The number of rotatable bonds is 7. The first-order chi connectivity index (χ1) is 14.4. The van der Waals surface area contributed by atoms with Gasteiger partial charge >= 0.3 is 6.18 Å². The van der Waals surface area contributed by atoms with Gasteiger partial charge in [0.2, 0.25) is 0 Å². The molecule has 30 heavy (non-hydrogen) atoms. The molecule has 0 radical (unpaired) electrons. The number of anilines is 2. The van der Waals surface area contributed by atoms with E-state index in [1.54, 1.807) is 18.3 Å². The number of carbonyl (C=O) groups is 1. The fourth-order valence-electron chi connectivity index (χ4n) is 4.02. The van der Waals surface area contributed by atoms with Gasteiger partial charge in [0.1, 0.15) is 0 Å². The van der Waals surface area contributed by atoms with E-state index in [0.29, 0.717) is 29.2 Å². The first kappa shape index (κ1) is 20.9.